The quantitative estimate of drug-likeness (QED) is 0.313. The van der Waals surface area contributed by atoms with Crippen LogP contribution in [0.2, 0.25) is 0 Å². The molecule has 0 fully saturated rings. The highest BCUT2D eigenvalue weighted by atomic mass is 16.4. The topological polar surface area (TPSA) is 57.5 Å². The van der Waals surface area contributed by atoms with Crippen LogP contribution in [0, 0.1) is 0 Å². The van der Waals surface area contributed by atoms with Gasteiger partial charge < -0.3 is 10.2 Å². The number of carboxylic acid groups (broad SMARTS) is 1. The Morgan fingerprint density at radius 2 is 1.57 bits per heavy atom. The monoisotopic (exact) mass is 322 g/mol. The van der Waals surface area contributed by atoms with E-state index in [1.54, 1.807) is 0 Å². The highest BCUT2D eigenvalue weighted by Crippen LogP contribution is 2.06. The number of carbonyl (C=O) groups is 1. The standard InChI is InChI=1S/C20H34O3/c1-2-3-4-5-10-13-16-19(21)17-14-11-8-6-7-9-12-15-18-20(22)23/h7-11,13,19,21H,2-6,12,14-18H2,1H3,(H,22,23)/b9-7-,11-8-,13-10-/t19-/m1/s1. The first kappa shape index (κ1) is 21.6. The van der Waals surface area contributed by atoms with E-state index in [9.17, 15) is 9.90 Å². The number of carboxylic acids is 1. The van der Waals surface area contributed by atoms with Gasteiger partial charge in [0.2, 0.25) is 0 Å². The second-order valence-electron chi connectivity index (χ2n) is 5.90. The van der Waals surface area contributed by atoms with Crippen LogP contribution in [-0.4, -0.2) is 22.3 Å². The molecule has 0 aromatic rings. The number of rotatable bonds is 15. The molecule has 132 valence electrons. The van der Waals surface area contributed by atoms with Crippen molar-refractivity contribution in [1.29, 1.82) is 0 Å². The summed E-state index contributed by atoms with van der Waals surface area (Å²) in [5, 5.41) is 18.4. The number of aliphatic hydroxyl groups is 1. The van der Waals surface area contributed by atoms with E-state index in [0.717, 1.165) is 38.5 Å². The number of unbranched alkanes of at least 4 members (excludes halogenated alkanes) is 4. The Balaban J connectivity index is 3.47. The SMILES string of the molecule is CCCCC/C=C\C[C@@H](O)CC/C=C\C/C=C\CCCC(=O)O. The molecule has 0 aromatic heterocycles. The molecule has 0 heterocycles. The molecule has 0 aliphatic heterocycles. The lowest BCUT2D eigenvalue weighted by Crippen LogP contribution is -2.03. The van der Waals surface area contributed by atoms with Crippen molar-refractivity contribution in [3.63, 3.8) is 0 Å². The Kier molecular flexibility index (Phi) is 16.0. The molecule has 0 saturated carbocycles. The van der Waals surface area contributed by atoms with Gasteiger partial charge in [-0.15, -0.1) is 0 Å². The molecule has 0 bridgehead atoms. The fraction of sp³-hybridized carbons (Fsp3) is 0.650. The number of aliphatic carboxylic acids is 1. The maximum absolute atomic E-state index is 10.3. The van der Waals surface area contributed by atoms with Gasteiger partial charge in [0.1, 0.15) is 0 Å². The largest absolute Gasteiger partial charge is 0.481 e. The second kappa shape index (κ2) is 17.0. The summed E-state index contributed by atoms with van der Waals surface area (Å²) < 4.78 is 0. The van der Waals surface area contributed by atoms with E-state index in [-0.39, 0.29) is 12.5 Å². The van der Waals surface area contributed by atoms with Gasteiger partial charge in [0.15, 0.2) is 0 Å². The van der Waals surface area contributed by atoms with E-state index < -0.39 is 5.97 Å². The van der Waals surface area contributed by atoms with Gasteiger partial charge in [-0.2, -0.15) is 0 Å². The fourth-order valence-corrected chi connectivity index (χ4v) is 2.17. The molecule has 0 unspecified atom stereocenters. The van der Waals surface area contributed by atoms with Gasteiger partial charge in [-0.3, -0.25) is 4.79 Å². The molecule has 0 amide bonds. The van der Waals surface area contributed by atoms with Crippen LogP contribution in [0.3, 0.4) is 0 Å². The molecule has 3 nitrogen and oxygen atoms in total. The molecule has 0 aromatic carbocycles. The lowest BCUT2D eigenvalue weighted by atomic mass is 10.1. The highest BCUT2D eigenvalue weighted by molar-refractivity contribution is 5.66. The molecule has 0 radical (unpaired) electrons. The van der Waals surface area contributed by atoms with Crippen LogP contribution in [0.4, 0.5) is 0 Å². The highest BCUT2D eigenvalue weighted by Gasteiger charge is 1.98. The van der Waals surface area contributed by atoms with Gasteiger partial charge in [0.25, 0.3) is 0 Å². The Hall–Kier alpha value is -1.35. The lowest BCUT2D eigenvalue weighted by Gasteiger charge is -2.05. The van der Waals surface area contributed by atoms with Crippen LogP contribution in [0.15, 0.2) is 36.5 Å². The van der Waals surface area contributed by atoms with Crippen molar-refractivity contribution in [1.82, 2.24) is 0 Å². The first-order valence-electron chi connectivity index (χ1n) is 9.01. The van der Waals surface area contributed by atoms with Gasteiger partial charge in [0.05, 0.1) is 6.10 Å². The van der Waals surface area contributed by atoms with Gasteiger partial charge in [-0.1, -0.05) is 56.2 Å². The third-order valence-electron chi connectivity index (χ3n) is 3.58. The summed E-state index contributed by atoms with van der Waals surface area (Å²) in [6.07, 6.45) is 22.3. The molecular formula is C20H34O3. The lowest BCUT2D eigenvalue weighted by molar-refractivity contribution is -0.137. The molecule has 0 aliphatic rings. The summed E-state index contributed by atoms with van der Waals surface area (Å²) in [5.41, 5.74) is 0. The van der Waals surface area contributed by atoms with E-state index in [4.69, 9.17) is 5.11 Å². The smallest absolute Gasteiger partial charge is 0.303 e. The van der Waals surface area contributed by atoms with Gasteiger partial charge in [-0.05, 0) is 51.4 Å². The van der Waals surface area contributed by atoms with Crippen LogP contribution in [0.5, 0.6) is 0 Å². The van der Waals surface area contributed by atoms with Gasteiger partial charge in [0, 0.05) is 6.42 Å². The Morgan fingerprint density at radius 3 is 2.26 bits per heavy atom. The number of allylic oxidation sites excluding steroid dienone is 5. The Bertz CT molecular complexity index is 356. The van der Waals surface area contributed by atoms with Crippen LogP contribution >= 0.6 is 0 Å². The second-order valence-corrected chi connectivity index (χ2v) is 5.90. The van der Waals surface area contributed by atoms with E-state index in [2.05, 4.69) is 37.3 Å². The molecule has 1 atom stereocenters. The Morgan fingerprint density at radius 1 is 0.913 bits per heavy atom. The van der Waals surface area contributed by atoms with E-state index in [1.807, 2.05) is 6.08 Å². The van der Waals surface area contributed by atoms with Gasteiger partial charge in [-0.25, -0.2) is 0 Å². The Labute approximate surface area is 141 Å². The number of aliphatic hydroxyl groups excluding tert-OH is 1. The van der Waals surface area contributed by atoms with Crippen molar-refractivity contribution in [2.45, 2.75) is 83.7 Å². The predicted octanol–water partition coefficient (Wildman–Crippen LogP) is 5.41. The average Bonchev–Trinajstić information content (AvgIpc) is 2.52. The van der Waals surface area contributed by atoms with Gasteiger partial charge >= 0.3 is 5.97 Å². The first-order valence-corrected chi connectivity index (χ1v) is 9.01. The third-order valence-corrected chi connectivity index (χ3v) is 3.58. The van der Waals surface area contributed by atoms with E-state index >= 15 is 0 Å². The fourth-order valence-electron chi connectivity index (χ4n) is 2.17. The summed E-state index contributed by atoms with van der Waals surface area (Å²) in [5.74, 6) is -0.729. The predicted molar refractivity (Wildman–Crippen MR) is 97.5 cm³/mol. The van der Waals surface area contributed by atoms with Crippen LogP contribution in [0.1, 0.15) is 77.6 Å². The molecule has 0 saturated heterocycles. The number of hydrogen-bond donors (Lipinski definition) is 2. The molecule has 0 rings (SSSR count). The molecule has 0 aliphatic carbocycles. The minimum absolute atomic E-state index is 0.241. The summed E-state index contributed by atoms with van der Waals surface area (Å²) in [7, 11) is 0. The van der Waals surface area contributed by atoms with E-state index in [1.165, 1.54) is 19.3 Å². The molecule has 23 heavy (non-hydrogen) atoms. The van der Waals surface area contributed by atoms with Crippen LogP contribution in [-0.2, 0) is 4.79 Å². The molecule has 2 N–H and O–H groups in total. The van der Waals surface area contributed by atoms with Crippen molar-refractivity contribution in [3.05, 3.63) is 36.5 Å². The maximum atomic E-state index is 10.3. The van der Waals surface area contributed by atoms with Crippen molar-refractivity contribution in [2.24, 2.45) is 0 Å². The minimum atomic E-state index is -0.729. The summed E-state index contributed by atoms with van der Waals surface area (Å²) in [4.78, 5) is 10.3. The first-order chi connectivity index (χ1) is 11.2. The van der Waals surface area contributed by atoms with Crippen molar-refractivity contribution in [2.75, 3.05) is 0 Å². The molecule has 3 heteroatoms. The number of hydrogen-bond acceptors (Lipinski definition) is 2. The minimum Gasteiger partial charge on any atom is -0.481 e. The molecule has 0 spiro atoms. The van der Waals surface area contributed by atoms with Crippen molar-refractivity contribution in [3.8, 4) is 0 Å². The zero-order valence-corrected chi connectivity index (χ0v) is 14.6. The van der Waals surface area contributed by atoms with Crippen molar-refractivity contribution < 1.29 is 15.0 Å². The zero-order valence-electron chi connectivity index (χ0n) is 14.6. The maximum Gasteiger partial charge on any atom is 0.303 e. The summed E-state index contributed by atoms with van der Waals surface area (Å²) in [6.45, 7) is 2.20. The van der Waals surface area contributed by atoms with Crippen molar-refractivity contribution >= 4 is 5.97 Å². The van der Waals surface area contributed by atoms with Crippen LogP contribution in [0.25, 0.3) is 0 Å². The summed E-state index contributed by atoms with van der Waals surface area (Å²) in [6, 6.07) is 0. The van der Waals surface area contributed by atoms with E-state index in [0.29, 0.717) is 6.42 Å². The average molecular weight is 322 g/mol. The zero-order chi connectivity index (χ0) is 17.2. The third kappa shape index (κ3) is 18.6. The summed E-state index contributed by atoms with van der Waals surface area (Å²) >= 11 is 0. The normalized spacial score (nSPS) is 13.5. The van der Waals surface area contributed by atoms with Crippen LogP contribution < -0.4 is 0 Å². The molecular weight excluding hydrogens is 288 g/mol.